The fourth-order valence-electron chi connectivity index (χ4n) is 8.41. The zero-order valence-corrected chi connectivity index (χ0v) is 26.1. The van der Waals surface area contributed by atoms with Crippen molar-refractivity contribution < 1.29 is 24.2 Å². The van der Waals surface area contributed by atoms with Crippen molar-refractivity contribution in [3.05, 3.63) is 52.6 Å². The maximum Gasteiger partial charge on any atom is 0.321 e. The van der Waals surface area contributed by atoms with Gasteiger partial charge >= 0.3 is 12.0 Å². The Labute approximate surface area is 256 Å². The van der Waals surface area contributed by atoms with Crippen molar-refractivity contribution in [2.75, 3.05) is 25.6 Å². The van der Waals surface area contributed by atoms with Crippen LogP contribution in [0.1, 0.15) is 96.0 Å². The number of aliphatic hydroxyl groups is 1. The van der Waals surface area contributed by atoms with E-state index in [2.05, 4.69) is 41.0 Å². The maximum atomic E-state index is 12.8. The van der Waals surface area contributed by atoms with Crippen molar-refractivity contribution in [3.63, 3.8) is 0 Å². The number of fused-ring (bicyclic) bond motifs is 4. The number of hydrogen-bond acceptors (Lipinski definition) is 5. The molecule has 0 bridgehead atoms. The zero-order chi connectivity index (χ0) is 30.8. The number of carbonyl (C=O) groups excluding carboxylic acids is 3. The molecule has 1 aromatic rings. The number of amides is 2. The Balaban J connectivity index is 1.36. The molecule has 0 radical (unpaired) electrons. The first-order chi connectivity index (χ1) is 20.6. The lowest BCUT2D eigenvalue weighted by Crippen LogP contribution is -2.51. The van der Waals surface area contributed by atoms with E-state index < -0.39 is 5.60 Å². The highest BCUT2D eigenvalue weighted by Crippen LogP contribution is 2.66. The van der Waals surface area contributed by atoms with Crippen LogP contribution in [0.5, 0.6) is 0 Å². The molecule has 4 aliphatic rings. The van der Waals surface area contributed by atoms with Gasteiger partial charge in [0.2, 0.25) is 0 Å². The van der Waals surface area contributed by atoms with Crippen LogP contribution in [0.15, 0.2) is 47.1 Å². The minimum absolute atomic E-state index is 0.125. The molecule has 0 saturated heterocycles. The third-order valence-corrected chi connectivity index (χ3v) is 10.8. The summed E-state index contributed by atoms with van der Waals surface area (Å²) in [6.45, 7) is 4.61. The van der Waals surface area contributed by atoms with E-state index in [-0.39, 0.29) is 29.1 Å². The van der Waals surface area contributed by atoms with Crippen molar-refractivity contribution in [3.8, 4) is 11.8 Å². The van der Waals surface area contributed by atoms with Crippen LogP contribution in [0.4, 0.5) is 10.5 Å². The number of carbonyl (C=O) groups is 3. The minimum Gasteiger partial charge on any atom is -0.469 e. The predicted octanol–water partition coefficient (Wildman–Crippen LogP) is 6.22. The number of unbranched alkanes of at least 4 members (excludes halogenated alkanes) is 2. The Morgan fingerprint density at radius 2 is 1.88 bits per heavy atom. The molecule has 2 fully saturated rings. The number of methoxy groups -OCH3 is 1. The van der Waals surface area contributed by atoms with Crippen molar-refractivity contribution in [1.82, 2.24) is 5.32 Å². The highest BCUT2D eigenvalue weighted by molar-refractivity contribution is 5.93. The van der Waals surface area contributed by atoms with Crippen molar-refractivity contribution >= 4 is 23.5 Å². The third-order valence-electron chi connectivity index (χ3n) is 10.8. The average molecular weight is 587 g/mol. The molecule has 5 rings (SSSR count). The number of hydrogen-bond donors (Lipinski definition) is 2. The average Bonchev–Trinajstić information content (AvgIpc) is 3.27. The van der Waals surface area contributed by atoms with Crippen LogP contribution < -0.4 is 10.2 Å². The minimum atomic E-state index is -1.00. The van der Waals surface area contributed by atoms with E-state index in [4.69, 9.17) is 0 Å². The first-order valence-electron chi connectivity index (χ1n) is 15.9. The summed E-state index contributed by atoms with van der Waals surface area (Å²) in [7, 11) is 3.17. The third kappa shape index (κ3) is 5.91. The van der Waals surface area contributed by atoms with Gasteiger partial charge in [-0.15, -0.1) is 5.92 Å². The van der Waals surface area contributed by atoms with Gasteiger partial charge in [-0.2, -0.15) is 0 Å². The van der Waals surface area contributed by atoms with Crippen molar-refractivity contribution in [2.24, 2.45) is 17.3 Å². The largest absolute Gasteiger partial charge is 0.469 e. The van der Waals surface area contributed by atoms with E-state index in [1.54, 1.807) is 11.9 Å². The lowest BCUT2D eigenvalue weighted by molar-refractivity contribution is -0.140. The van der Waals surface area contributed by atoms with Gasteiger partial charge in [0.1, 0.15) is 5.60 Å². The molecule has 7 nitrogen and oxygen atoms in total. The first-order valence-corrected chi connectivity index (χ1v) is 15.9. The summed E-state index contributed by atoms with van der Waals surface area (Å²) in [5, 5.41) is 14.9. The number of benzene rings is 1. The number of rotatable bonds is 8. The molecule has 0 heterocycles. The van der Waals surface area contributed by atoms with E-state index >= 15 is 0 Å². The topological polar surface area (TPSA) is 95.9 Å². The Bertz CT molecular complexity index is 1380. The quantitative estimate of drug-likeness (QED) is 0.214. The van der Waals surface area contributed by atoms with Crippen LogP contribution in [-0.2, 0) is 14.3 Å². The SMILES string of the molecule is CC#C[C@]1(O)CC[C@H]2[C@@H]3CCC4=CC(=O)CCC4=C3[C@@H](c3ccc(N(C)C(=O)NCCCCCC(=O)OC)cc3)C[C@@]21C. The smallest absolute Gasteiger partial charge is 0.321 e. The van der Waals surface area contributed by atoms with E-state index in [1.807, 2.05) is 25.1 Å². The molecule has 230 valence electrons. The van der Waals surface area contributed by atoms with Crippen LogP contribution in [0, 0.1) is 29.1 Å². The second-order valence-corrected chi connectivity index (χ2v) is 13.0. The lowest BCUT2D eigenvalue weighted by atomic mass is 9.51. The van der Waals surface area contributed by atoms with E-state index in [0.29, 0.717) is 37.6 Å². The summed E-state index contributed by atoms with van der Waals surface area (Å²) < 4.78 is 4.67. The van der Waals surface area contributed by atoms with Gasteiger partial charge in [0, 0.05) is 43.5 Å². The molecule has 1 aromatic carbocycles. The number of urea groups is 1. The predicted molar refractivity (Wildman–Crippen MR) is 167 cm³/mol. The molecule has 2 saturated carbocycles. The van der Waals surface area contributed by atoms with Gasteiger partial charge in [0.05, 0.1) is 7.11 Å². The summed E-state index contributed by atoms with van der Waals surface area (Å²) in [6.07, 6.45) is 10.5. The number of allylic oxidation sites excluding steroid dienone is 4. The molecular weight excluding hydrogens is 540 g/mol. The molecule has 0 aromatic heterocycles. The van der Waals surface area contributed by atoms with Gasteiger partial charge in [-0.1, -0.05) is 37.0 Å². The Morgan fingerprint density at radius 1 is 1.12 bits per heavy atom. The lowest BCUT2D eigenvalue weighted by Gasteiger charge is -2.53. The Hall–Kier alpha value is -3.37. The first kappa shape index (κ1) is 31.1. The number of anilines is 1. The molecule has 4 aliphatic carbocycles. The molecule has 2 amide bonds. The van der Waals surface area contributed by atoms with Gasteiger partial charge in [-0.3, -0.25) is 14.5 Å². The number of esters is 1. The van der Waals surface area contributed by atoms with Crippen molar-refractivity contribution in [1.29, 1.82) is 0 Å². The van der Waals surface area contributed by atoms with Crippen LogP contribution in [0.25, 0.3) is 0 Å². The summed E-state index contributed by atoms with van der Waals surface area (Å²) in [6, 6.07) is 8.13. The molecule has 43 heavy (non-hydrogen) atoms. The fourth-order valence-corrected chi connectivity index (χ4v) is 8.41. The van der Waals surface area contributed by atoms with Gasteiger partial charge in [-0.25, -0.2) is 4.79 Å². The van der Waals surface area contributed by atoms with Crippen LogP contribution >= 0.6 is 0 Å². The number of nitrogens with zero attached hydrogens (tertiary/aromatic N) is 1. The monoisotopic (exact) mass is 586 g/mol. The highest BCUT2D eigenvalue weighted by atomic mass is 16.5. The maximum absolute atomic E-state index is 12.8. The van der Waals surface area contributed by atoms with Gasteiger partial charge < -0.3 is 15.2 Å². The van der Waals surface area contributed by atoms with E-state index in [1.165, 1.54) is 29.4 Å². The molecule has 0 spiro atoms. The summed E-state index contributed by atoms with van der Waals surface area (Å²) in [4.78, 5) is 38.1. The molecular formula is C36H46N2O5. The van der Waals surface area contributed by atoms with Crippen LogP contribution in [0.3, 0.4) is 0 Å². The molecule has 2 N–H and O–H groups in total. The standard InChI is InChI=1S/C36H46N2O5/c1-5-19-36(42)20-18-31-29-16-12-25-22-27(39)15-17-28(25)33(29)30(23-35(31,36)2)24-10-13-26(14-11-24)38(3)34(41)37-21-8-6-7-9-32(40)43-4/h10-11,13-14,22,29-31,42H,6-9,12,15-18,20-21,23H2,1-4H3,(H,37,41)/t29-,30+,31-,35-,36-/m0/s1. The van der Waals surface area contributed by atoms with Crippen molar-refractivity contribution in [2.45, 2.75) is 96.0 Å². The van der Waals surface area contributed by atoms with Gasteiger partial charge in [-0.05, 0) is 105 Å². The number of ketones is 1. The summed E-state index contributed by atoms with van der Waals surface area (Å²) >= 11 is 0. The Morgan fingerprint density at radius 3 is 2.60 bits per heavy atom. The second-order valence-electron chi connectivity index (χ2n) is 13.0. The normalized spacial score (nSPS) is 29.4. The van der Waals surface area contributed by atoms with E-state index in [0.717, 1.165) is 57.1 Å². The zero-order valence-electron chi connectivity index (χ0n) is 26.1. The summed E-state index contributed by atoms with van der Waals surface area (Å²) in [5.74, 6) is 7.14. The molecule has 0 unspecified atom stereocenters. The van der Waals surface area contributed by atoms with Gasteiger partial charge in [0.25, 0.3) is 0 Å². The molecule has 5 atom stereocenters. The summed E-state index contributed by atoms with van der Waals surface area (Å²) in [5.41, 5.74) is 4.75. The molecule has 0 aliphatic heterocycles. The molecule has 7 heteroatoms. The number of ether oxygens (including phenoxy) is 1. The highest BCUT2D eigenvalue weighted by Gasteiger charge is 2.62. The fraction of sp³-hybridized carbons (Fsp3) is 0.583. The van der Waals surface area contributed by atoms with Crippen LogP contribution in [0.2, 0.25) is 0 Å². The van der Waals surface area contributed by atoms with Crippen LogP contribution in [-0.4, -0.2) is 49.2 Å². The van der Waals surface area contributed by atoms with Gasteiger partial charge in [0.15, 0.2) is 5.78 Å². The Kier molecular flexibility index (Phi) is 9.18. The number of nitrogens with one attached hydrogen (secondary N) is 1. The van der Waals surface area contributed by atoms with E-state index in [9.17, 15) is 19.5 Å². The second kappa shape index (κ2) is 12.7.